The van der Waals surface area contributed by atoms with Crippen molar-refractivity contribution in [3.8, 4) is 0 Å². The lowest BCUT2D eigenvalue weighted by atomic mass is 9.93. The van der Waals surface area contributed by atoms with Crippen molar-refractivity contribution in [2.75, 3.05) is 11.9 Å². The van der Waals surface area contributed by atoms with E-state index >= 15 is 0 Å². The van der Waals surface area contributed by atoms with Crippen LogP contribution >= 0.6 is 0 Å². The highest BCUT2D eigenvalue weighted by Crippen LogP contribution is 2.44. The number of pyridine rings is 1. The molecule has 166 valence electrons. The summed E-state index contributed by atoms with van der Waals surface area (Å²) in [7, 11) is 0. The van der Waals surface area contributed by atoms with Gasteiger partial charge < -0.3 is 14.8 Å². The van der Waals surface area contributed by atoms with Crippen LogP contribution in [0.5, 0.6) is 0 Å². The molecule has 0 saturated carbocycles. The van der Waals surface area contributed by atoms with Gasteiger partial charge in [-0.2, -0.15) is 0 Å². The minimum atomic E-state index is -0.689. The number of amides is 1. The number of nitrogens with zero attached hydrogens (tertiary/aromatic N) is 1. The van der Waals surface area contributed by atoms with Gasteiger partial charge in [0.1, 0.15) is 17.2 Å². The second kappa shape index (κ2) is 8.57. The third-order valence-corrected chi connectivity index (χ3v) is 5.52. The fourth-order valence-electron chi connectivity index (χ4n) is 3.98. The molecule has 4 rings (SSSR count). The minimum absolute atomic E-state index is 0.197. The Bertz CT molecular complexity index is 1130. The van der Waals surface area contributed by atoms with E-state index in [0.29, 0.717) is 48.5 Å². The van der Waals surface area contributed by atoms with Gasteiger partial charge in [0.2, 0.25) is 0 Å². The highest BCUT2D eigenvalue weighted by Gasteiger charge is 2.38. The van der Waals surface area contributed by atoms with Gasteiger partial charge in [-0.25, -0.2) is 4.39 Å². The highest BCUT2D eigenvalue weighted by molar-refractivity contribution is 6.32. The molecule has 7 heteroatoms. The average Bonchev–Trinajstić information content (AvgIpc) is 3.23. The molecule has 0 atom stereocenters. The Hall–Kier alpha value is -3.48. The minimum Gasteiger partial charge on any atom is -0.482 e. The van der Waals surface area contributed by atoms with E-state index in [4.69, 9.17) is 9.47 Å². The van der Waals surface area contributed by atoms with E-state index in [9.17, 15) is 14.0 Å². The van der Waals surface area contributed by atoms with E-state index in [2.05, 4.69) is 10.3 Å². The van der Waals surface area contributed by atoms with Gasteiger partial charge in [-0.1, -0.05) is 6.07 Å². The zero-order valence-corrected chi connectivity index (χ0v) is 18.3. The molecular formula is C25H25FN2O4. The first-order valence-electron chi connectivity index (χ1n) is 10.7. The molecule has 0 saturated heterocycles. The number of aromatic nitrogens is 1. The van der Waals surface area contributed by atoms with E-state index in [-0.39, 0.29) is 11.9 Å². The Morgan fingerprint density at radius 3 is 2.78 bits per heavy atom. The number of ether oxygens (including phenoxy) is 2. The molecule has 2 aromatic rings. The van der Waals surface area contributed by atoms with Crippen LogP contribution in [0.25, 0.3) is 11.1 Å². The molecule has 1 aromatic carbocycles. The summed E-state index contributed by atoms with van der Waals surface area (Å²) in [6.45, 7) is 6.01. The van der Waals surface area contributed by atoms with Crippen molar-refractivity contribution >= 4 is 28.7 Å². The van der Waals surface area contributed by atoms with Gasteiger partial charge in [0.15, 0.2) is 0 Å². The summed E-state index contributed by atoms with van der Waals surface area (Å²) in [5.41, 5.74) is 3.33. The number of aryl methyl sites for hydroxylation is 1. The van der Waals surface area contributed by atoms with Crippen LogP contribution in [-0.4, -0.2) is 29.1 Å². The van der Waals surface area contributed by atoms with Crippen molar-refractivity contribution in [2.45, 2.75) is 45.6 Å². The summed E-state index contributed by atoms with van der Waals surface area (Å²) in [4.78, 5) is 28.6. The summed E-state index contributed by atoms with van der Waals surface area (Å²) >= 11 is 0. The van der Waals surface area contributed by atoms with Crippen molar-refractivity contribution in [3.63, 3.8) is 0 Å². The third-order valence-electron chi connectivity index (χ3n) is 5.52. The maximum absolute atomic E-state index is 13.8. The van der Waals surface area contributed by atoms with Gasteiger partial charge >= 0.3 is 5.97 Å². The number of rotatable bonds is 6. The first-order chi connectivity index (χ1) is 15.3. The third kappa shape index (κ3) is 4.28. The molecule has 0 unspecified atom stereocenters. The van der Waals surface area contributed by atoms with E-state index in [0.717, 1.165) is 16.8 Å². The SMILES string of the molecule is CCOC(=O)CCCc1ccc(C2=C/C(=C3\C(=O)Nc4ccc(F)cc43)OC2(C)C)cn1. The van der Waals surface area contributed by atoms with Crippen LogP contribution in [0, 0.1) is 5.82 Å². The molecule has 0 radical (unpaired) electrons. The maximum Gasteiger partial charge on any atom is 0.305 e. The van der Waals surface area contributed by atoms with Crippen molar-refractivity contribution in [3.05, 3.63) is 71.0 Å². The van der Waals surface area contributed by atoms with Crippen LogP contribution in [0.2, 0.25) is 0 Å². The van der Waals surface area contributed by atoms with Gasteiger partial charge in [0.05, 0.1) is 12.2 Å². The molecule has 2 aliphatic rings. The normalized spacial score (nSPS) is 18.6. The lowest BCUT2D eigenvalue weighted by Gasteiger charge is -2.23. The van der Waals surface area contributed by atoms with Crippen LogP contribution in [0.15, 0.2) is 48.4 Å². The Kier molecular flexibility index (Phi) is 5.82. The second-order valence-corrected chi connectivity index (χ2v) is 8.25. The lowest BCUT2D eigenvalue weighted by Crippen LogP contribution is -2.21. The number of hydrogen-bond acceptors (Lipinski definition) is 5. The van der Waals surface area contributed by atoms with Crippen molar-refractivity contribution in [2.24, 2.45) is 0 Å². The number of benzene rings is 1. The van der Waals surface area contributed by atoms with Crippen molar-refractivity contribution in [1.29, 1.82) is 0 Å². The quantitative estimate of drug-likeness (QED) is 0.526. The highest BCUT2D eigenvalue weighted by atomic mass is 19.1. The molecule has 0 fully saturated rings. The second-order valence-electron chi connectivity index (χ2n) is 8.25. The molecule has 1 amide bonds. The Morgan fingerprint density at radius 1 is 1.25 bits per heavy atom. The number of fused-ring (bicyclic) bond motifs is 1. The smallest absolute Gasteiger partial charge is 0.305 e. The predicted octanol–water partition coefficient (Wildman–Crippen LogP) is 4.66. The first kappa shape index (κ1) is 21.7. The maximum atomic E-state index is 13.8. The number of allylic oxidation sites excluding steroid dienone is 1. The molecular weight excluding hydrogens is 411 g/mol. The van der Waals surface area contributed by atoms with Crippen molar-refractivity contribution < 1.29 is 23.5 Å². The number of hydrogen-bond donors (Lipinski definition) is 1. The van der Waals surface area contributed by atoms with Gasteiger partial charge in [-0.3, -0.25) is 14.6 Å². The lowest BCUT2D eigenvalue weighted by molar-refractivity contribution is -0.143. The molecule has 2 aliphatic heterocycles. The fourth-order valence-corrected chi connectivity index (χ4v) is 3.98. The fraction of sp³-hybridized carbons (Fsp3) is 0.320. The largest absolute Gasteiger partial charge is 0.482 e. The van der Waals surface area contributed by atoms with Crippen LogP contribution < -0.4 is 5.32 Å². The van der Waals surface area contributed by atoms with E-state index in [1.54, 1.807) is 19.2 Å². The number of carbonyl (C=O) groups excluding carboxylic acids is 2. The van der Waals surface area contributed by atoms with Crippen LogP contribution in [0.4, 0.5) is 10.1 Å². The topological polar surface area (TPSA) is 77.5 Å². The Labute approximate surface area is 186 Å². The van der Waals surface area contributed by atoms with E-state index in [1.165, 1.54) is 12.1 Å². The van der Waals surface area contributed by atoms with E-state index < -0.39 is 11.4 Å². The number of esters is 1. The molecule has 1 N–H and O–H groups in total. The predicted molar refractivity (Wildman–Crippen MR) is 119 cm³/mol. The standard InChI is InChI=1S/C25H25FN2O4/c1-4-31-22(29)7-5-6-17-10-8-15(14-27-17)19-13-21(32-25(19,2)3)23-18-12-16(26)9-11-20(18)28-24(23)30/h8-14H,4-7H2,1-3H3,(H,28,30)/b23-21+. The molecule has 0 spiro atoms. The molecule has 32 heavy (non-hydrogen) atoms. The monoisotopic (exact) mass is 436 g/mol. The van der Waals surface area contributed by atoms with Gasteiger partial charge in [0.25, 0.3) is 5.91 Å². The number of halogens is 1. The first-order valence-corrected chi connectivity index (χ1v) is 10.7. The molecule has 0 bridgehead atoms. The number of anilines is 1. The molecule has 1 aromatic heterocycles. The summed E-state index contributed by atoms with van der Waals surface area (Å²) < 4.78 is 24.9. The average molecular weight is 436 g/mol. The Balaban J connectivity index is 1.57. The molecule has 6 nitrogen and oxygen atoms in total. The van der Waals surface area contributed by atoms with Crippen LogP contribution in [0.3, 0.4) is 0 Å². The molecule has 3 heterocycles. The van der Waals surface area contributed by atoms with Gasteiger partial charge in [-0.05, 0) is 64.0 Å². The van der Waals surface area contributed by atoms with Crippen LogP contribution in [-0.2, 0) is 25.5 Å². The summed E-state index contributed by atoms with van der Waals surface area (Å²) in [6, 6.07) is 8.08. The Morgan fingerprint density at radius 2 is 2.06 bits per heavy atom. The van der Waals surface area contributed by atoms with Crippen molar-refractivity contribution in [1.82, 2.24) is 4.98 Å². The zero-order chi connectivity index (χ0) is 22.9. The summed E-state index contributed by atoms with van der Waals surface area (Å²) in [5.74, 6) is -0.519. The zero-order valence-electron chi connectivity index (χ0n) is 18.3. The summed E-state index contributed by atoms with van der Waals surface area (Å²) in [5, 5.41) is 2.76. The number of nitrogens with one attached hydrogen (secondary N) is 1. The number of carbonyl (C=O) groups is 2. The van der Waals surface area contributed by atoms with Gasteiger partial charge in [-0.15, -0.1) is 0 Å². The van der Waals surface area contributed by atoms with Crippen LogP contribution in [0.1, 0.15) is 50.4 Å². The van der Waals surface area contributed by atoms with Gasteiger partial charge in [0, 0.05) is 40.7 Å². The summed E-state index contributed by atoms with van der Waals surface area (Å²) in [6.07, 6.45) is 5.31. The molecule has 0 aliphatic carbocycles. The van der Waals surface area contributed by atoms with E-state index in [1.807, 2.05) is 32.1 Å².